The Kier molecular flexibility index (Phi) is 7.38. The molecule has 1 N–H and O–H groups in total. The zero-order valence-corrected chi connectivity index (χ0v) is 15.4. The molecule has 0 radical (unpaired) electrons. The standard InChI is InChI=1S/C20H28N4O/c1-4-5-9-12-21-20(25)18-13-23-19(14-22-18)24(16(2)3)15-17-10-7-6-8-11-17/h6-8,10-11,13-14,16H,4-5,9,12,15H2,1-3H3,(H,21,25). The molecule has 0 aliphatic rings. The summed E-state index contributed by atoms with van der Waals surface area (Å²) in [6, 6.07) is 10.6. The van der Waals surface area contributed by atoms with Gasteiger partial charge in [-0.1, -0.05) is 50.1 Å². The quantitative estimate of drug-likeness (QED) is 0.705. The van der Waals surface area contributed by atoms with Crippen LogP contribution < -0.4 is 10.2 Å². The number of hydrogen-bond acceptors (Lipinski definition) is 4. The average Bonchev–Trinajstić information content (AvgIpc) is 2.64. The van der Waals surface area contributed by atoms with Crippen LogP contribution in [0.15, 0.2) is 42.7 Å². The smallest absolute Gasteiger partial charge is 0.271 e. The van der Waals surface area contributed by atoms with Gasteiger partial charge in [-0.05, 0) is 25.8 Å². The Bertz CT molecular complexity index is 641. The van der Waals surface area contributed by atoms with Gasteiger partial charge in [0.15, 0.2) is 0 Å². The molecule has 2 aromatic rings. The van der Waals surface area contributed by atoms with Crippen LogP contribution in [-0.2, 0) is 6.54 Å². The Morgan fingerprint density at radius 2 is 1.88 bits per heavy atom. The van der Waals surface area contributed by atoms with E-state index in [2.05, 4.69) is 53.1 Å². The molecular formula is C20H28N4O. The van der Waals surface area contributed by atoms with E-state index < -0.39 is 0 Å². The van der Waals surface area contributed by atoms with Crippen molar-refractivity contribution >= 4 is 11.7 Å². The maximum Gasteiger partial charge on any atom is 0.271 e. The summed E-state index contributed by atoms with van der Waals surface area (Å²) in [5, 5.41) is 2.89. The summed E-state index contributed by atoms with van der Waals surface area (Å²) in [6.07, 6.45) is 6.49. The van der Waals surface area contributed by atoms with E-state index in [1.165, 1.54) is 5.56 Å². The van der Waals surface area contributed by atoms with Gasteiger partial charge in [0.2, 0.25) is 0 Å². The van der Waals surface area contributed by atoms with Gasteiger partial charge in [0, 0.05) is 19.1 Å². The monoisotopic (exact) mass is 340 g/mol. The Morgan fingerprint density at radius 3 is 2.48 bits per heavy atom. The van der Waals surface area contributed by atoms with Crippen molar-refractivity contribution in [2.24, 2.45) is 0 Å². The summed E-state index contributed by atoms with van der Waals surface area (Å²) in [4.78, 5) is 23.0. The Hall–Kier alpha value is -2.43. The van der Waals surface area contributed by atoms with Crippen LogP contribution in [0, 0.1) is 0 Å². The lowest BCUT2D eigenvalue weighted by Gasteiger charge is -2.27. The first kappa shape index (κ1) is 18.9. The van der Waals surface area contributed by atoms with Gasteiger partial charge in [-0.15, -0.1) is 0 Å². The van der Waals surface area contributed by atoms with Crippen molar-refractivity contribution in [2.75, 3.05) is 11.4 Å². The molecule has 1 heterocycles. The van der Waals surface area contributed by atoms with E-state index in [9.17, 15) is 4.79 Å². The van der Waals surface area contributed by atoms with Crippen molar-refractivity contribution in [3.8, 4) is 0 Å². The lowest BCUT2D eigenvalue weighted by atomic mass is 10.2. The van der Waals surface area contributed by atoms with Crippen molar-refractivity contribution in [2.45, 2.75) is 52.6 Å². The molecule has 2 rings (SSSR count). The summed E-state index contributed by atoms with van der Waals surface area (Å²) in [5.41, 5.74) is 1.58. The van der Waals surface area contributed by atoms with Crippen LogP contribution in [0.5, 0.6) is 0 Å². The lowest BCUT2D eigenvalue weighted by molar-refractivity contribution is 0.0947. The third-order valence-electron chi connectivity index (χ3n) is 4.05. The van der Waals surface area contributed by atoms with Crippen LogP contribution in [-0.4, -0.2) is 28.5 Å². The maximum absolute atomic E-state index is 12.1. The van der Waals surface area contributed by atoms with Crippen molar-refractivity contribution in [3.05, 3.63) is 54.0 Å². The second kappa shape index (κ2) is 9.77. The topological polar surface area (TPSA) is 58.1 Å². The van der Waals surface area contributed by atoms with Gasteiger partial charge in [-0.3, -0.25) is 4.79 Å². The molecule has 5 nitrogen and oxygen atoms in total. The average molecular weight is 340 g/mol. The molecule has 25 heavy (non-hydrogen) atoms. The molecule has 1 aromatic heterocycles. The summed E-state index contributed by atoms with van der Waals surface area (Å²) in [7, 11) is 0. The number of anilines is 1. The third-order valence-corrected chi connectivity index (χ3v) is 4.05. The number of aromatic nitrogens is 2. The van der Waals surface area contributed by atoms with Crippen molar-refractivity contribution in [1.29, 1.82) is 0 Å². The minimum absolute atomic E-state index is 0.158. The Labute approximate surface area is 150 Å². The second-order valence-electron chi connectivity index (χ2n) is 6.43. The molecule has 1 aromatic carbocycles. The summed E-state index contributed by atoms with van der Waals surface area (Å²) < 4.78 is 0. The van der Waals surface area contributed by atoms with Crippen LogP contribution in [0.2, 0.25) is 0 Å². The number of hydrogen-bond donors (Lipinski definition) is 1. The summed E-state index contributed by atoms with van der Waals surface area (Å²) >= 11 is 0. The van der Waals surface area contributed by atoms with Gasteiger partial charge in [0.1, 0.15) is 11.5 Å². The van der Waals surface area contributed by atoms with Gasteiger partial charge < -0.3 is 10.2 Å². The van der Waals surface area contributed by atoms with E-state index in [-0.39, 0.29) is 11.9 Å². The first-order valence-electron chi connectivity index (χ1n) is 9.02. The fraction of sp³-hybridized carbons (Fsp3) is 0.450. The van der Waals surface area contributed by atoms with Crippen molar-refractivity contribution < 1.29 is 4.79 Å². The number of unbranched alkanes of at least 4 members (excludes halogenated alkanes) is 2. The molecule has 0 unspecified atom stereocenters. The van der Waals surface area contributed by atoms with E-state index in [0.717, 1.165) is 31.6 Å². The molecule has 134 valence electrons. The molecule has 0 aliphatic heterocycles. The molecule has 0 spiro atoms. The molecular weight excluding hydrogens is 312 g/mol. The number of amides is 1. The fourth-order valence-corrected chi connectivity index (χ4v) is 2.56. The number of carbonyl (C=O) groups is 1. The zero-order valence-electron chi connectivity index (χ0n) is 15.4. The van der Waals surface area contributed by atoms with E-state index in [0.29, 0.717) is 12.2 Å². The number of carbonyl (C=O) groups excluding carboxylic acids is 1. The van der Waals surface area contributed by atoms with Crippen LogP contribution in [0.1, 0.15) is 56.1 Å². The summed E-state index contributed by atoms with van der Waals surface area (Å²) in [6.45, 7) is 7.83. The molecule has 0 saturated heterocycles. The van der Waals surface area contributed by atoms with Gasteiger partial charge in [-0.25, -0.2) is 9.97 Å². The highest BCUT2D eigenvalue weighted by Gasteiger charge is 2.14. The second-order valence-corrected chi connectivity index (χ2v) is 6.43. The number of nitrogens with zero attached hydrogens (tertiary/aromatic N) is 3. The number of rotatable bonds is 9. The SMILES string of the molecule is CCCCCNC(=O)c1cnc(N(Cc2ccccc2)C(C)C)cn1. The van der Waals surface area contributed by atoms with Crippen LogP contribution in [0.3, 0.4) is 0 Å². The van der Waals surface area contributed by atoms with E-state index in [1.54, 1.807) is 12.4 Å². The third kappa shape index (κ3) is 5.85. The molecule has 0 bridgehead atoms. The van der Waals surface area contributed by atoms with E-state index >= 15 is 0 Å². The molecule has 5 heteroatoms. The fourth-order valence-electron chi connectivity index (χ4n) is 2.56. The predicted octanol–water partition coefficient (Wildman–Crippen LogP) is 3.81. The molecule has 1 amide bonds. The minimum atomic E-state index is -0.158. The number of benzene rings is 1. The van der Waals surface area contributed by atoms with Crippen molar-refractivity contribution in [1.82, 2.24) is 15.3 Å². The van der Waals surface area contributed by atoms with E-state index in [1.807, 2.05) is 18.2 Å². The normalized spacial score (nSPS) is 10.7. The Balaban J connectivity index is 2.01. The van der Waals surface area contributed by atoms with Gasteiger partial charge in [-0.2, -0.15) is 0 Å². The van der Waals surface area contributed by atoms with Gasteiger partial charge in [0.05, 0.1) is 12.4 Å². The molecule has 0 saturated carbocycles. The van der Waals surface area contributed by atoms with E-state index in [4.69, 9.17) is 0 Å². The molecule has 0 fully saturated rings. The largest absolute Gasteiger partial charge is 0.351 e. The highest BCUT2D eigenvalue weighted by molar-refractivity contribution is 5.91. The van der Waals surface area contributed by atoms with Crippen LogP contribution in [0.4, 0.5) is 5.82 Å². The predicted molar refractivity (Wildman–Crippen MR) is 102 cm³/mol. The van der Waals surface area contributed by atoms with Crippen LogP contribution in [0.25, 0.3) is 0 Å². The van der Waals surface area contributed by atoms with Crippen LogP contribution >= 0.6 is 0 Å². The Morgan fingerprint density at radius 1 is 1.12 bits per heavy atom. The number of nitrogens with one attached hydrogen (secondary N) is 1. The van der Waals surface area contributed by atoms with Crippen molar-refractivity contribution in [3.63, 3.8) is 0 Å². The minimum Gasteiger partial charge on any atom is -0.351 e. The van der Waals surface area contributed by atoms with Gasteiger partial charge in [0.25, 0.3) is 5.91 Å². The van der Waals surface area contributed by atoms with Gasteiger partial charge >= 0.3 is 0 Å². The highest BCUT2D eigenvalue weighted by atomic mass is 16.1. The maximum atomic E-state index is 12.1. The lowest BCUT2D eigenvalue weighted by Crippen LogP contribution is -2.31. The summed E-state index contributed by atoms with van der Waals surface area (Å²) in [5.74, 6) is 0.621. The first-order chi connectivity index (χ1) is 12.1. The molecule has 0 atom stereocenters. The molecule has 0 aliphatic carbocycles. The first-order valence-corrected chi connectivity index (χ1v) is 9.02. The zero-order chi connectivity index (χ0) is 18.1. The highest BCUT2D eigenvalue weighted by Crippen LogP contribution is 2.16.